The molecule has 0 unspecified atom stereocenters. The summed E-state index contributed by atoms with van der Waals surface area (Å²) >= 11 is 0. The number of carbonyl (C=O) groups excluding carboxylic acids is 1. The fraction of sp³-hybridized carbons (Fsp3) is 0.222. The van der Waals surface area contributed by atoms with Crippen LogP contribution in [0.2, 0.25) is 0 Å². The van der Waals surface area contributed by atoms with E-state index in [0.29, 0.717) is 12.1 Å². The largest absolute Gasteiger partial charge is 0.468 e. The molecule has 0 aliphatic heterocycles. The molecule has 1 aromatic rings. The van der Waals surface area contributed by atoms with Crippen LogP contribution in [0.1, 0.15) is 11.6 Å². The number of esters is 1. The van der Waals surface area contributed by atoms with E-state index in [1.807, 2.05) is 0 Å². The Kier molecular flexibility index (Phi) is 5.26. The molecule has 0 amide bonds. The molecule has 1 rings (SSSR count). The van der Waals surface area contributed by atoms with Gasteiger partial charge in [0.25, 0.3) is 0 Å². The normalized spacial score (nSPS) is 11.6. The van der Waals surface area contributed by atoms with Crippen molar-refractivity contribution in [2.24, 2.45) is 5.73 Å². The second-order valence-electron chi connectivity index (χ2n) is 2.78. The average Bonchev–Trinajstić information content (AvgIpc) is 2.14. The van der Waals surface area contributed by atoms with Crippen molar-refractivity contribution in [1.29, 1.82) is 0 Å². The molecular formula is C9H9ClF3NO2. The third-order valence-electron chi connectivity index (χ3n) is 1.81. The summed E-state index contributed by atoms with van der Waals surface area (Å²) in [5.74, 6) is -4.51. The predicted molar refractivity (Wildman–Crippen MR) is 52.5 cm³/mol. The molecule has 0 fully saturated rings. The van der Waals surface area contributed by atoms with Crippen LogP contribution in [0.3, 0.4) is 0 Å². The van der Waals surface area contributed by atoms with Gasteiger partial charge in [-0.1, -0.05) is 0 Å². The molecule has 2 N–H and O–H groups in total. The number of ether oxygens (including phenoxy) is 1. The van der Waals surface area contributed by atoms with Crippen LogP contribution in [0.4, 0.5) is 13.2 Å². The summed E-state index contributed by atoms with van der Waals surface area (Å²) in [7, 11) is 1.03. The third-order valence-corrected chi connectivity index (χ3v) is 1.81. The maximum atomic E-state index is 13.1. The first-order chi connectivity index (χ1) is 6.97. The number of hydrogen-bond acceptors (Lipinski definition) is 3. The fourth-order valence-corrected chi connectivity index (χ4v) is 1.10. The van der Waals surface area contributed by atoms with E-state index >= 15 is 0 Å². The topological polar surface area (TPSA) is 52.3 Å². The quantitative estimate of drug-likeness (QED) is 0.819. The van der Waals surface area contributed by atoms with Crippen molar-refractivity contribution in [2.45, 2.75) is 6.04 Å². The molecular weight excluding hydrogens is 247 g/mol. The number of nitrogens with two attached hydrogens (primary N) is 1. The summed E-state index contributed by atoms with van der Waals surface area (Å²) in [5, 5.41) is 0. The zero-order chi connectivity index (χ0) is 11.6. The number of rotatable bonds is 2. The second-order valence-corrected chi connectivity index (χ2v) is 2.78. The van der Waals surface area contributed by atoms with Gasteiger partial charge in [-0.2, -0.15) is 0 Å². The van der Waals surface area contributed by atoms with Crippen LogP contribution in [-0.4, -0.2) is 13.1 Å². The second kappa shape index (κ2) is 5.72. The predicted octanol–water partition coefficient (Wildman–Crippen LogP) is 1.70. The first kappa shape index (κ1) is 14.7. The Bertz CT molecular complexity index is 377. The van der Waals surface area contributed by atoms with Gasteiger partial charge in [-0.15, -0.1) is 12.4 Å². The van der Waals surface area contributed by atoms with Crippen LogP contribution < -0.4 is 5.73 Å². The molecule has 0 aromatic heterocycles. The molecule has 1 aromatic carbocycles. The molecule has 0 saturated carbocycles. The van der Waals surface area contributed by atoms with E-state index in [0.717, 1.165) is 7.11 Å². The van der Waals surface area contributed by atoms with Gasteiger partial charge in [0, 0.05) is 12.1 Å². The van der Waals surface area contributed by atoms with Crippen LogP contribution in [-0.2, 0) is 9.53 Å². The van der Waals surface area contributed by atoms with Crippen molar-refractivity contribution in [3.05, 3.63) is 35.1 Å². The van der Waals surface area contributed by atoms with Gasteiger partial charge in [0.1, 0.15) is 23.5 Å². The highest BCUT2D eigenvalue weighted by Crippen LogP contribution is 2.21. The van der Waals surface area contributed by atoms with E-state index in [1.54, 1.807) is 0 Å². The maximum Gasteiger partial charge on any atom is 0.327 e. The smallest absolute Gasteiger partial charge is 0.327 e. The first-order valence-electron chi connectivity index (χ1n) is 3.95. The van der Waals surface area contributed by atoms with Crippen molar-refractivity contribution < 1.29 is 22.7 Å². The molecule has 0 saturated heterocycles. The first-order valence-corrected chi connectivity index (χ1v) is 3.95. The number of benzene rings is 1. The van der Waals surface area contributed by atoms with Gasteiger partial charge in [-0.25, -0.2) is 13.2 Å². The standard InChI is InChI=1S/C9H8F3NO2.ClH/c1-15-9(14)8(13)7-5(11)2-4(10)3-6(7)12;/h2-3,8H,13H2,1H3;1H/t8-;/m1./s1. The summed E-state index contributed by atoms with van der Waals surface area (Å²) in [6.07, 6.45) is 0. The van der Waals surface area contributed by atoms with E-state index in [4.69, 9.17) is 5.73 Å². The van der Waals surface area contributed by atoms with E-state index < -0.39 is 35.0 Å². The van der Waals surface area contributed by atoms with Crippen LogP contribution in [0.15, 0.2) is 12.1 Å². The highest BCUT2D eigenvalue weighted by atomic mass is 35.5. The van der Waals surface area contributed by atoms with E-state index in [1.165, 1.54) is 0 Å². The molecule has 7 heteroatoms. The molecule has 3 nitrogen and oxygen atoms in total. The summed E-state index contributed by atoms with van der Waals surface area (Å²) in [5.41, 5.74) is 4.52. The number of carbonyl (C=O) groups is 1. The number of methoxy groups -OCH3 is 1. The van der Waals surface area contributed by atoms with Crippen molar-refractivity contribution in [2.75, 3.05) is 7.11 Å². The minimum atomic E-state index is -1.60. The molecule has 0 bridgehead atoms. The Balaban J connectivity index is 0.00000225. The zero-order valence-corrected chi connectivity index (χ0v) is 8.98. The summed E-state index contributed by atoms with van der Waals surface area (Å²) in [6.45, 7) is 0. The van der Waals surface area contributed by atoms with Crippen molar-refractivity contribution in [3.8, 4) is 0 Å². The Morgan fingerprint density at radius 3 is 2.12 bits per heavy atom. The summed E-state index contributed by atoms with van der Waals surface area (Å²) in [4.78, 5) is 10.9. The lowest BCUT2D eigenvalue weighted by atomic mass is 10.1. The Morgan fingerprint density at radius 1 is 1.31 bits per heavy atom. The Hall–Kier alpha value is -1.27. The molecule has 0 spiro atoms. The molecule has 0 aliphatic rings. The molecule has 0 aliphatic carbocycles. The minimum Gasteiger partial charge on any atom is -0.468 e. The van der Waals surface area contributed by atoms with Gasteiger partial charge in [0.15, 0.2) is 0 Å². The number of hydrogen-bond donors (Lipinski definition) is 1. The van der Waals surface area contributed by atoms with Crippen molar-refractivity contribution in [1.82, 2.24) is 0 Å². The van der Waals surface area contributed by atoms with Gasteiger partial charge in [-0.3, -0.25) is 4.79 Å². The third kappa shape index (κ3) is 2.86. The van der Waals surface area contributed by atoms with Gasteiger partial charge in [-0.05, 0) is 0 Å². The lowest BCUT2D eigenvalue weighted by Crippen LogP contribution is -2.25. The van der Waals surface area contributed by atoms with Crippen LogP contribution >= 0.6 is 12.4 Å². The maximum absolute atomic E-state index is 13.1. The van der Waals surface area contributed by atoms with Crippen LogP contribution in [0.25, 0.3) is 0 Å². The summed E-state index contributed by atoms with van der Waals surface area (Å²) < 4.78 is 42.9. The monoisotopic (exact) mass is 255 g/mol. The number of halogens is 4. The van der Waals surface area contributed by atoms with Gasteiger partial charge in [0.05, 0.1) is 12.7 Å². The molecule has 0 radical (unpaired) electrons. The van der Waals surface area contributed by atoms with Crippen LogP contribution in [0, 0.1) is 17.5 Å². The molecule has 1 atom stereocenters. The fourth-order valence-electron chi connectivity index (χ4n) is 1.10. The van der Waals surface area contributed by atoms with Gasteiger partial charge < -0.3 is 10.5 Å². The van der Waals surface area contributed by atoms with E-state index in [2.05, 4.69) is 4.74 Å². The zero-order valence-electron chi connectivity index (χ0n) is 8.17. The Morgan fingerprint density at radius 2 is 1.75 bits per heavy atom. The lowest BCUT2D eigenvalue weighted by Gasteiger charge is -2.11. The van der Waals surface area contributed by atoms with Crippen LogP contribution in [0.5, 0.6) is 0 Å². The molecule has 16 heavy (non-hydrogen) atoms. The van der Waals surface area contributed by atoms with Crippen molar-refractivity contribution >= 4 is 18.4 Å². The molecule has 90 valence electrons. The molecule has 0 heterocycles. The summed E-state index contributed by atoms with van der Waals surface area (Å²) in [6, 6.07) is -0.710. The van der Waals surface area contributed by atoms with Gasteiger partial charge >= 0.3 is 5.97 Å². The highest BCUT2D eigenvalue weighted by molar-refractivity contribution is 5.85. The highest BCUT2D eigenvalue weighted by Gasteiger charge is 2.24. The van der Waals surface area contributed by atoms with Crippen molar-refractivity contribution in [3.63, 3.8) is 0 Å². The van der Waals surface area contributed by atoms with E-state index in [9.17, 15) is 18.0 Å². The Labute approximate surface area is 95.8 Å². The lowest BCUT2D eigenvalue weighted by molar-refractivity contribution is -0.142. The SMILES string of the molecule is COC(=O)[C@H](N)c1c(F)cc(F)cc1F.Cl. The average molecular weight is 256 g/mol. The van der Waals surface area contributed by atoms with Gasteiger partial charge in [0.2, 0.25) is 0 Å². The minimum absolute atomic E-state index is 0. The van der Waals surface area contributed by atoms with E-state index in [-0.39, 0.29) is 12.4 Å².